The number of nitrogens with two attached hydrogens (primary N) is 1. The highest BCUT2D eigenvalue weighted by Gasteiger charge is 2.15. The Labute approximate surface area is 124 Å². The smallest absolute Gasteiger partial charge is 0.180 e. The first-order chi connectivity index (χ1) is 10.1. The Hall–Kier alpha value is -2.10. The molecule has 0 fully saturated rings. The Balaban J connectivity index is 2.14. The van der Waals surface area contributed by atoms with Crippen molar-refractivity contribution in [1.29, 1.82) is 5.26 Å². The van der Waals surface area contributed by atoms with Gasteiger partial charge in [-0.1, -0.05) is 6.07 Å². The van der Waals surface area contributed by atoms with E-state index in [2.05, 4.69) is 0 Å². The maximum atomic E-state index is 12.3. The van der Waals surface area contributed by atoms with Crippen molar-refractivity contribution in [3.63, 3.8) is 0 Å². The Bertz CT molecular complexity index is 757. The molecule has 0 radical (unpaired) electrons. The maximum absolute atomic E-state index is 12.3. The molecular formula is C15H17N3O2S. The topological polar surface area (TPSA) is 88.9 Å². The Morgan fingerprint density at radius 1 is 1.24 bits per heavy atom. The summed E-state index contributed by atoms with van der Waals surface area (Å²) >= 11 is 0. The third-order valence-electron chi connectivity index (χ3n) is 3.25. The van der Waals surface area contributed by atoms with Crippen molar-refractivity contribution in [2.75, 3.05) is 12.3 Å². The quantitative estimate of drug-likeness (QED) is 0.872. The third kappa shape index (κ3) is 3.72. The largest absolute Gasteiger partial charge is 0.350 e. The van der Waals surface area contributed by atoms with E-state index in [0.29, 0.717) is 18.7 Å². The molecule has 0 aliphatic heterocycles. The van der Waals surface area contributed by atoms with Gasteiger partial charge in [-0.15, -0.1) is 0 Å². The van der Waals surface area contributed by atoms with Crippen molar-refractivity contribution in [3.8, 4) is 6.07 Å². The lowest BCUT2D eigenvalue weighted by atomic mass is 10.2. The van der Waals surface area contributed by atoms with Crippen molar-refractivity contribution in [3.05, 3.63) is 53.9 Å². The van der Waals surface area contributed by atoms with Crippen molar-refractivity contribution in [2.45, 2.75) is 17.9 Å². The molecule has 0 atom stereocenters. The Morgan fingerprint density at radius 2 is 2.05 bits per heavy atom. The van der Waals surface area contributed by atoms with Gasteiger partial charge >= 0.3 is 0 Å². The SMILES string of the molecule is N#Cc1cccc(S(=O)(=O)CCn2cccc2CCN)c1. The van der Waals surface area contributed by atoms with Crippen LogP contribution in [-0.4, -0.2) is 25.3 Å². The van der Waals surface area contributed by atoms with Crippen molar-refractivity contribution >= 4 is 9.84 Å². The van der Waals surface area contributed by atoms with Crippen molar-refractivity contribution in [2.24, 2.45) is 5.73 Å². The zero-order valence-electron chi connectivity index (χ0n) is 11.6. The fourth-order valence-electron chi connectivity index (χ4n) is 2.14. The number of aryl methyl sites for hydroxylation is 1. The highest BCUT2D eigenvalue weighted by atomic mass is 32.2. The second-order valence-electron chi connectivity index (χ2n) is 4.69. The third-order valence-corrected chi connectivity index (χ3v) is 4.94. The molecule has 0 aliphatic rings. The highest BCUT2D eigenvalue weighted by Crippen LogP contribution is 2.14. The number of aromatic nitrogens is 1. The van der Waals surface area contributed by atoms with E-state index in [9.17, 15) is 8.42 Å². The standard InChI is InChI=1S/C15H17N3O2S/c16-7-6-14-4-2-8-18(14)9-10-21(19,20)15-5-1-3-13(11-15)12-17/h1-5,8,11H,6-7,9-10,16H2. The van der Waals surface area contributed by atoms with Crippen LogP contribution in [0.3, 0.4) is 0 Å². The molecule has 110 valence electrons. The van der Waals surface area contributed by atoms with Crippen LogP contribution in [0, 0.1) is 11.3 Å². The van der Waals surface area contributed by atoms with E-state index >= 15 is 0 Å². The van der Waals surface area contributed by atoms with Crippen LogP contribution in [0.15, 0.2) is 47.5 Å². The summed E-state index contributed by atoms with van der Waals surface area (Å²) in [6.45, 7) is 0.905. The van der Waals surface area contributed by atoms with Crippen LogP contribution in [-0.2, 0) is 22.8 Å². The highest BCUT2D eigenvalue weighted by molar-refractivity contribution is 7.91. The van der Waals surface area contributed by atoms with E-state index in [1.54, 1.807) is 12.1 Å². The summed E-state index contributed by atoms with van der Waals surface area (Å²) in [5.41, 5.74) is 6.91. The minimum atomic E-state index is -3.40. The van der Waals surface area contributed by atoms with Gasteiger partial charge in [0.15, 0.2) is 9.84 Å². The number of nitriles is 1. The molecule has 6 heteroatoms. The lowest BCUT2D eigenvalue weighted by Gasteiger charge is -2.09. The van der Waals surface area contributed by atoms with Crippen LogP contribution in [0.25, 0.3) is 0 Å². The first-order valence-corrected chi connectivity index (χ1v) is 8.29. The predicted octanol–water partition coefficient (Wildman–Crippen LogP) is 1.33. The maximum Gasteiger partial charge on any atom is 0.180 e. The number of sulfone groups is 1. The Kier molecular flexibility index (Phi) is 4.78. The molecule has 5 nitrogen and oxygen atoms in total. The summed E-state index contributed by atoms with van der Waals surface area (Å²) in [4.78, 5) is 0.189. The van der Waals surface area contributed by atoms with E-state index in [1.807, 2.05) is 29.0 Å². The first kappa shape index (κ1) is 15.3. The normalized spacial score (nSPS) is 11.2. The van der Waals surface area contributed by atoms with Crippen molar-refractivity contribution < 1.29 is 8.42 Å². The van der Waals surface area contributed by atoms with Crippen LogP contribution < -0.4 is 5.73 Å². The van der Waals surface area contributed by atoms with Gasteiger partial charge in [0, 0.05) is 18.4 Å². The van der Waals surface area contributed by atoms with E-state index in [0.717, 1.165) is 12.1 Å². The summed E-state index contributed by atoms with van der Waals surface area (Å²) in [7, 11) is -3.40. The summed E-state index contributed by atoms with van der Waals surface area (Å²) in [5.74, 6) is -0.00582. The molecule has 2 aromatic rings. The monoisotopic (exact) mass is 303 g/mol. The predicted molar refractivity (Wildman–Crippen MR) is 80.4 cm³/mol. The summed E-state index contributed by atoms with van der Waals surface area (Å²) in [5, 5.41) is 8.84. The van der Waals surface area contributed by atoms with Gasteiger partial charge in [-0.3, -0.25) is 0 Å². The van der Waals surface area contributed by atoms with Crippen LogP contribution in [0.5, 0.6) is 0 Å². The number of hydrogen-bond donors (Lipinski definition) is 1. The zero-order valence-corrected chi connectivity index (χ0v) is 12.4. The minimum absolute atomic E-state index is 0.00582. The average Bonchev–Trinajstić information content (AvgIpc) is 2.93. The van der Waals surface area contributed by atoms with Crippen LogP contribution >= 0.6 is 0 Å². The number of nitrogens with zero attached hydrogens (tertiary/aromatic N) is 2. The lowest BCUT2D eigenvalue weighted by Crippen LogP contribution is -2.15. The molecule has 0 spiro atoms. The molecule has 21 heavy (non-hydrogen) atoms. The fourth-order valence-corrected chi connectivity index (χ4v) is 3.40. The number of rotatable bonds is 6. The molecule has 2 rings (SSSR count). The molecule has 0 saturated heterocycles. The summed E-state index contributed by atoms with van der Waals surface area (Å²) in [6, 6.07) is 11.9. The van der Waals surface area contributed by atoms with Gasteiger partial charge < -0.3 is 10.3 Å². The summed E-state index contributed by atoms with van der Waals surface area (Å²) in [6.07, 6.45) is 2.57. The van der Waals surface area contributed by atoms with Gasteiger partial charge in [0.2, 0.25) is 0 Å². The molecule has 0 bridgehead atoms. The zero-order chi connectivity index (χ0) is 15.3. The summed E-state index contributed by atoms with van der Waals surface area (Å²) < 4.78 is 26.5. The second kappa shape index (κ2) is 6.57. The van der Waals surface area contributed by atoms with Gasteiger partial charge in [0.25, 0.3) is 0 Å². The molecule has 0 aliphatic carbocycles. The minimum Gasteiger partial charge on any atom is -0.350 e. The van der Waals surface area contributed by atoms with Gasteiger partial charge in [0.1, 0.15) is 0 Å². The van der Waals surface area contributed by atoms with Crippen molar-refractivity contribution in [1.82, 2.24) is 4.57 Å². The van der Waals surface area contributed by atoms with E-state index < -0.39 is 9.84 Å². The number of hydrogen-bond acceptors (Lipinski definition) is 4. The Morgan fingerprint density at radius 3 is 2.76 bits per heavy atom. The molecule has 1 heterocycles. The molecule has 2 N–H and O–H groups in total. The first-order valence-electron chi connectivity index (χ1n) is 6.64. The van der Waals surface area contributed by atoms with Crippen LogP contribution in [0.1, 0.15) is 11.3 Å². The molecule has 1 aromatic heterocycles. The van der Waals surface area contributed by atoms with E-state index in [-0.39, 0.29) is 10.6 Å². The van der Waals surface area contributed by atoms with Gasteiger partial charge in [-0.2, -0.15) is 5.26 Å². The molecule has 0 amide bonds. The molecule has 0 unspecified atom stereocenters. The molecule has 1 aromatic carbocycles. The second-order valence-corrected chi connectivity index (χ2v) is 6.80. The van der Waals surface area contributed by atoms with Crippen LogP contribution in [0.4, 0.5) is 0 Å². The van der Waals surface area contributed by atoms with Crippen LogP contribution in [0.2, 0.25) is 0 Å². The van der Waals surface area contributed by atoms with Gasteiger partial charge in [-0.25, -0.2) is 8.42 Å². The van der Waals surface area contributed by atoms with E-state index in [4.69, 9.17) is 11.0 Å². The number of benzene rings is 1. The fraction of sp³-hybridized carbons (Fsp3) is 0.267. The lowest BCUT2D eigenvalue weighted by molar-refractivity contribution is 0.587. The van der Waals surface area contributed by atoms with Gasteiger partial charge in [-0.05, 0) is 43.3 Å². The van der Waals surface area contributed by atoms with Gasteiger partial charge in [0.05, 0.1) is 22.3 Å². The molecule has 0 saturated carbocycles. The average molecular weight is 303 g/mol. The molecular weight excluding hydrogens is 286 g/mol. The van der Waals surface area contributed by atoms with E-state index in [1.165, 1.54) is 12.1 Å².